The molecule has 0 aromatic carbocycles. The van der Waals surface area contributed by atoms with E-state index >= 15 is 0 Å². The van der Waals surface area contributed by atoms with Gasteiger partial charge in [0.25, 0.3) is 0 Å². The van der Waals surface area contributed by atoms with Crippen molar-refractivity contribution in [1.82, 2.24) is 9.97 Å². The summed E-state index contributed by atoms with van der Waals surface area (Å²) in [6.07, 6.45) is 1.37. The third kappa shape index (κ3) is 2.53. The van der Waals surface area contributed by atoms with Crippen LogP contribution in [0.3, 0.4) is 0 Å². The monoisotopic (exact) mass is 210 g/mol. The minimum absolute atomic E-state index is 0.0991. The Morgan fingerprint density at radius 2 is 2.27 bits per heavy atom. The summed E-state index contributed by atoms with van der Waals surface area (Å²) in [6.45, 7) is 1.91. The highest BCUT2D eigenvalue weighted by Gasteiger charge is 2.11. The number of hydrogen-bond acceptors (Lipinski definition) is 6. The van der Waals surface area contributed by atoms with E-state index in [1.54, 1.807) is 11.9 Å². The number of nitrogens with two attached hydrogens (primary N) is 2. The Hall–Kier alpha value is -1.89. The molecule has 82 valence electrons. The second-order valence-corrected chi connectivity index (χ2v) is 3.14. The van der Waals surface area contributed by atoms with Crippen LogP contribution >= 0.6 is 0 Å². The molecule has 0 aliphatic rings. The molecule has 15 heavy (non-hydrogen) atoms. The molecule has 5 N–H and O–H groups in total. The molecule has 1 heterocycles. The van der Waals surface area contributed by atoms with Crippen LogP contribution in [0.15, 0.2) is 6.33 Å². The number of likely N-dealkylation sites (N-methyl/N-ethyl adjacent to an activating group) is 1. The summed E-state index contributed by atoms with van der Waals surface area (Å²) in [5.41, 5.74) is 8.30. The lowest BCUT2D eigenvalue weighted by atomic mass is 10.3. The molecule has 0 unspecified atom stereocenters. The van der Waals surface area contributed by atoms with Gasteiger partial charge >= 0.3 is 0 Å². The van der Waals surface area contributed by atoms with Crippen LogP contribution in [0.25, 0.3) is 0 Å². The van der Waals surface area contributed by atoms with Crippen LogP contribution in [0.2, 0.25) is 0 Å². The molecule has 0 saturated heterocycles. The SMILES string of the molecule is Cc1c(NN)ncnc1N(C)CC(N)=O. The van der Waals surface area contributed by atoms with E-state index in [0.29, 0.717) is 11.6 Å². The van der Waals surface area contributed by atoms with Crippen LogP contribution in [0.1, 0.15) is 5.56 Å². The molecule has 0 aliphatic heterocycles. The first-order valence-electron chi connectivity index (χ1n) is 4.34. The number of nitrogen functional groups attached to an aromatic ring is 1. The van der Waals surface area contributed by atoms with Gasteiger partial charge in [0.15, 0.2) is 0 Å². The molecule has 1 rings (SSSR count). The zero-order valence-electron chi connectivity index (χ0n) is 8.69. The molecule has 1 amide bonds. The van der Waals surface area contributed by atoms with Crippen molar-refractivity contribution in [3.63, 3.8) is 0 Å². The third-order valence-electron chi connectivity index (χ3n) is 1.95. The van der Waals surface area contributed by atoms with E-state index in [4.69, 9.17) is 11.6 Å². The third-order valence-corrected chi connectivity index (χ3v) is 1.95. The maximum absolute atomic E-state index is 10.7. The van der Waals surface area contributed by atoms with Crippen LogP contribution in [0.4, 0.5) is 11.6 Å². The number of aromatic nitrogens is 2. The average molecular weight is 210 g/mol. The highest BCUT2D eigenvalue weighted by atomic mass is 16.1. The van der Waals surface area contributed by atoms with Gasteiger partial charge in [-0.2, -0.15) is 0 Å². The van der Waals surface area contributed by atoms with Crippen LogP contribution < -0.4 is 21.9 Å². The molecule has 0 bridgehead atoms. The summed E-state index contributed by atoms with van der Waals surface area (Å²) >= 11 is 0. The normalized spacial score (nSPS) is 9.80. The van der Waals surface area contributed by atoms with Gasteiger partial charge in [-0.1, -0.05) is 0 Å². The van der Waals surface area contributed by atoms with E-state index in [9.17, 15) is 4.79 Å². The van der Waals surface area contributed by atoms with Crippen molar-refractivity contribution in [1.29, 1.82) is 0 Å². The predicted molar refractivity (Wildman–Crippen MR) is 57.0 cm³/mol. The molecule has 7 nitrogen and oxygen atoms in total. The fourth-order valence-corrected chi connectivity index (χ4v) is 1.28. The molecular formula is C8H14N6O. The number of carbonyl (C=O) groups is 1. The highest BCUT2D eigenvalue weighted by Crippen LogP contribution is 2.19. The topological polar surface area (TPSA) is 110 Å². The lowest BCUT2D eigenvalue weighted by Gasteiger charge is -2.18. The fourth-order valence-electron chi connectivity index (χ4n) is 1.28. The van der Waals surface area contributed by atoms with E-state index in [1.165, 1.54) is 6.33 Å². The zero-order chi connectivity index (χ0) is 11.4. The average Bonchev–Trinajstić information content (AvgIpc) is 2.17. The summed E-state index contributed by atoms with van der Waals surface area (Å²) in [5.74, 6) is 6.00. The van der Waals surface area contributed by atoms with Gasteiger partial charge in [0.2, 0.25) is 5.91 Å². The van der Waals surface area contributed by atoms with Crippen molar-refractivity contribution < 1.29 is 4.79 Å². The van der Waals surface area contributed by atoms with Crippen LogP contribution in [0.5, 0.6) is 0 Å². The second-order valence-electron chi connectivity index (χ2n) is 3.14. The smallest absolute Gasteiger partial charge is 0.236 e. The van der Waals surface area contributed by atoms with Crippen LogP contribution in [0, 0.1) is 6.92 Å². The van der Waals surface area contributed by atoms with Crippen molar-refractivity contribution in [2.24, 2.45) is 11.6 Å². The molecule has 0 atom stereocenters. The van der Waals surface area contributed by atoms with Gasteiger partial charge in [0, 0.05) is 12.6 Å². The maximum atomic E-state index is 10.7. The van der Waals surface area contributed by atoms with Crippen molar-refractivity contribution in [2.75, 3.05) is 23.9 Å². The first-order valence-corrected chi connectivity index (χ1v) is 4.34. The van der Waals surface area contributed by atoms with E-state index in [-0.39, 0.29) is 6.54 Å². The number of hydrazine groups is 1. The Morgan fingerprint density at radius 3 is 2.80 bits per heavy atom. The standard InChI is InChI=1S/C8H14N6O/c1-5-7(13-10)11-4-12-8(5)14(2)3-6(9)15/h4H,3,10H2,1-2H3,(H2,9,15)(H,11,12,13). The highest BCUT2D eigenvalue weighted by molar-refractivity contribution is 5.79. The lowest BCUT2D eigenvalue weighted by Crippen LogP contribution is -2.31. The molecule has 0 spiro atoms. The number of carbonyl (C=O) groups excluding carboxylic acids is 1. The summed E-state index contributed by atoms with van der Waals surface area (Å²) < 4.78 is 0. The molecular weight excluding hydrogens is 196 g/mol. The summed E-state index contributed by atoms with van der Waals surface area (Å²) in [6, 6.07) is 0. The Labute approximate surface area is 87.5 Å². The van der Waals surface area contributed by atoms with Gasteiger partial charge in [0.05, 0.1) is 6.54 Å². The second kappa shape index (κ2) is 4.56. The molecule has 0 aliphatic carbocycles. The Bertz CT molecular complexity index is 366. The van der Waals surface area contributed by atoms with Gasteiger partial charge in [-0.15, -0.1) is 0 Å². The number of anilines is 2. The van der Waals surface area contributed by atoms with Gasteiger partial charge in [-0.3, -0.25) is 4.79 Å². The molecule has 0 fully saturated rings. The van der Waals surface area contributed by atoms with E-state index < -0.39 is 5.91 Å². The van der Waals surface area contributed by atoms with Crippen molar-refractivity contribution in [3.8, 4) is 0 Å². The largest absolute Gasteiger partial charge is 0.368 e. The van der Waals surface area contributed by atoms with E-state index in [1.807, 2.05) is 6.92 Å². The fraction of sp³-hybridized carbons (Fsp3) is 0.375. The maximum Gasteiger partial charge on any atom is 0.236 e. The Morgan fingerprint density at radius 1 is 1.60 bits per heavy atom. The van der Waals surface area contributed by atoms with Crippen molar-refractivity contribution in [2.45, 2.75) is 6.92 Å². The molecule has 0 saturated carbocycles. The van der Waals surface area contributed by atoms with Gasteiger partial charge < -0.3 is 16.1 Å². The minimum Gasteiger partial charge on any atom is -0.368 e. The van der Waals surface area contributed by atoms with Crippen LogP contribution in [-0.4, -0.2) is 29.5 Å². The summed E-state index contributed by atoms with van der Waals surface area (Å²) in [4.78, 5) is 20.4. The quantitative estimate of drug-likeness (QED) is 0.434. The van der Waals surface area contributed by atoms with E-state index in [0.717, 1.165) is 5.56 Å². The molecule has 0 radical (unpaired) electrons. The van der Waals surface area contributed by atoms with Crippen LogP contribution in [-0.2, 0) is 4.79 Å². The summed E-state index contributed by atoms with van der Waals surface area (Å²) in [7, 11) is 1.72. The van der Waals surface area contributed by atoms with Gasteiger partial charge in [-0.05, 0) is 6.92 Å². The molecule has 7 heteroatoms. The first-order chi connectivity index (χ1) is 7.06. The van der Waals surface area contributed by atoms with Gasteiger partial charge in [-0.25, -0.2) is 15.8 Å². The Kier molecular flexibility index (Phi) is 3.40. The van der Waals surface area contributed by atoms with Gasteiger partial charge in [0.1, 0.15) is 18.0 Å². The zero-order valence-corrected chi connectivity index (χ0v) is 8.69. The molecule has 1 aromatic rings. The predicted octanol–water partition coefficient (Wildman–Crippen LogP) is -1.01. The Balaban J connectivity index is 2.98. The number of rotatable bonds is 4. The van der Waals surface area contributed by atoms with Crippen molar-refractivity contribution >= 4 is 17.5 Å². The number of nitrogens with zero attached hydrogens (tertiary/aromatic N) is 3. The first kappa shape index (κ1) is 11.2. The number of amides is 1. The minimum atomic E-state index is -0.419. The summed E-state index contributed by atoms with van der Waals surface area (Å²) in [5, 5.41) is 0. The number of hydrogen-bond donors (Lipinski definition) is 3. The van der Waals surface area contributed by atoms with Crippen molar-refractivity contribution in [3.05, 3.63) is 11.9 Å². The molecule has 1 aromatic heterocycles. The number of primary amides is 1. The number of nitrogens with one attached hydrogen (secondary N) is 1. The van der Waals surface area contributed by atoms with E-state index in [2.05, 4.69) is 15.4 Å². The lowest BCUT2D eigenvalue weighted by molar-refractivity contribution is -0.116.